The third-order valence-electron chi connectivity index (χ3n) is 5.94. The zero-order valence-corrected chi connectivity index (χ0v) is 20.2. The number of aldehydes is 1. The van der Waals surface area contributed by atoms with Gasteiger partial charge in [0.1, 0.15) is 11.8 Å². The Morgan fingerprint density at radius 1 is 1.23 bits per heavy atom. The molecule has 1 aromatic carbocycles. The van der Waals surface area contributed by atoms with E-state index in [2.05, 4.69) is 10.1 Å². The fourth-order valence-corrected chi connectivity index (χ4v) is 4.33. The molecular formula is C26H29N5O4. The molecule has 9 nitrogen and oxygen atoms in total. The summed E-state index contributed by atoms with van der Waals surface area (Å²) in [7, 11) is 0. The highest BCUT2D eigenvalue weighted by Crippen LogP contribution is 2.26. The molecule has 1 aliphatic rings. The fourth-order valence-electron chi connectivity index (χ4n) is 4.33. The Hall–Kier alpha value is -3.72. The van der Waals surface area contributed by atoms with Crippen molar-refractivity contribution >= 4 is 23.3 Å². The summed E-state index contributed by atoms with van der Waals surface area (Å²) >= 11 is 0. The number of imidazole rings is 1. The van der Waals surface area contributed by atoms with E-state index >= 15 is 0 Å². The second-order valence-corrected chi connectivity index (χ2v) is 9.86. The van der Waals surface area contributed by atoms with Crippen LogP contribution in [0, 0.1) is 0 Å². The van der Waals surface area contributed by atoms with Crippen molar-refractivity contribution in [3.63, 3.8) is 0 Å². The fraction of sp³-hybridized carbons (Fsp3) is 0.385. The number of ether oxygens (including phenoxy) is 2. The number of aromatic nitrogens is 5. The summed E-state index contributed by atoms with van der Waals surface area (Å²) in [5, 5.41) is 5.27. The molecule has 1 fully saturated rings. The number of rotatable bonds is 5. The van der Waals surface area contributed by atoms with E-state index in [1.807, 2.05) is 46.0 Å². The first-order valence-corrected chi connectivity index (χ1v) is 11.8. The van der Waals surface area contributed by atoms with Gasteiger partial charge in [0, 0.05) is 36.5 Å². The van der Waals surface area contributed by atoms with Crippen molar-refractivity contribution < 1.29 is 19.1 Å². The number of hydrogen-bond acceptors (Lipinski definition) is 6. The van der Waals surface area contributed by atoms with Crippen LogP contribution in [-0.2, 0) is 16.0 Å². The highest BCUT2D eigenvalue weighted by Gasteiger charge is 2.22. The molecule has 0 N–H and O–H groups in total. The van der Waals surface area contributed by atoms with Gasteiger partial charge in [0.05, 0.1) is 29.4 Å². The van der Waals surface area contributed by atoms with E-state index in [1.165, 1.54) is 4.57 Å². The largest absolute Gasteiger partial charge is 0.443 e. The zero-order chi connectivity index (χ0) is 24.6. The molecule has 1 saturated heterocycles. The minimum atomic E-state index is -0.671. The van der Waals surface area contributed by atoms with Crippen molar-refractivity contribution in [3.8, 4) is 11.3 Å². The molecule has 0 bridgehead atoms. The van der Waals surface area contributed by atoms with E-state index < -0.39 is 11.7 Å². The average Bonchev–Trinajstić information content (AvgIpc) is 3.56. The number of carbonyl (C=O) groups is 2. The van der Waals surface area contributed by atoms with Crippen LogP contribution in [0.4, 0.5) is 4.79 Å². The summed E-state index contributed by atoms with van der Waals surface area (Å²) in [5.41, 5.74) is 2.95. The van der Waals surface area contributed by atoms with Crippen LogP contribution in [0.25, 0.3) is 22.2 Å². The van der Waals surface area contributed by atoms with Gasteiger partial charge < -0.3 is 14.0 Å². The summed E-state index contributed by atoms with van der Waals surface area (Å²) in [4.78, 5) is 29.0. The van der Waals surface area contributed by atoms with Crippen molar-refractivity contribution in [2.24, 2.45) is 0 Å². The van der Waals surface area contributed by atoms with E-state index in [-0.39, 0.29) is 11.9 Å². The first kappa shape index (κ1) is 23.0. The van der Waals surface area contributed by atoms with E-state index in [4.69, 9.17) is 9.47 Å². The van der Waals surface area contributed by atoms with Gasteiger partial charge in [0.15, 0.2) is 6.29 Å². The van der Waals surface area contributed by atoms with Gasteiger partial charge in [0.25, 0.3) is 0 Å². The van der Waals surface area contributed by atoms with Crippen molar-refractivity contribution in [2.75, 3.05) is 6.61 Å². The standard InChI is InChI=1S/C26H29N5O4/c1-26(2,3)35-25(33)31-21(16-32)11-19-8-7-18(10-23(19)31)13-29-15-22(27-17-29)20-12-28-30(14-20)24-6-4-5-9-34-24/h7-8,10-12,14-17,24H,4-6,9,13H2,1-3H3. The minimum absolute atomic E-state index is 0.0104. The summed E-state index contributed by atoms with van der Waals surface area (Å²) in [6, 6.07) is 7.49. The van der Waals surface area contributed by atoms with E-state index in [9.17, 15) is 9.59 Å². The van der Waals surface area contributed by atoms with Crippen LogP contribution < -0.4 is 0 Å². The van der Waals surface area contributed by atoms with Gasteiger partial charge in [0.2, 0.25) is 0 Å². The van der Waals surface area contributed by atoms with Crippen LogP contribution in [0.5, 0.6) is 0 Å². The molecule has 1 unspecified atom stereocenters. The first-order chi connectivity index (χ1) is 16.8. The molecular weight excluding hydrogens is 446 g/mol. The Balaban J connectivity index is 1.38. The van der Waals surface area contributed by atoms with E-state index in [0.29, 0.717) is 18.3 Å². The maximum absolute atomic E-state index is 12.8. The van der Waals surface area contributed by atoms with Gasteiger partial charge in [-0.2, -0.15) is 5.10 Å². The zero-order valence-electron chi connectivity index (χ0n) is 20.2. The lowest BCUT2D eigenvalue weighted by molar-refractivity contribution is -0.0394. The molecule has 4 aromatic rings. The molecule has 0 saturated carbocycles. The van der Waals surface area contributed by atoms with Crippen LogP contribution in [-0.4, -0.2) is 48.5 Å². The quantitative estimate of drug-likeness (QED) is 0.375. The van der Waals surface area contributed by atoms with Crippen LogP contribution in [0.3, 0.4) is 0 Å². The molecule has 0 radical (unpaired) electrons. The van der Waals surface area contributed by atoms with Gasteiger partial charge in [-0.05, 0) is 57.7 Å². The van der Waals surface area contributed by atoms with Crippen molar-refractivity contribution in [3.05, 3.63) is 60.4 Å². The molecule has 9 heteroatoms. The Morgan fingerprint density at radius 3 is 2.83 bits per heavy atom. The Bertz CT molecular complexity index is 1370. The van der Waals surface area contributed by atoms with Crippen LogP contribution in [0.15, 0.2) is 49.2 Å². The summed E-state index contributed by atoms with van der Waals surface area (Å²) in [6.07, 6.45) is 10.8. The Kier molecular flexibility index (Phi) is 6.02. The van der Waals surface area contributed by atoms with E-state index in [0.717, 1.165) is 48.1 Å². The van der Waals surface area contributed by atoms with E-state index in [1.54, 1.807) is 33.2 Å². The minimum Gasteiger partial charge on any atom is -0.443 e. The maximum Gasteiger partial charge on any atom is 0.419 e. The molecule has 0 spiro atoms. The number of hydrogen-bond donors (Lipinski definition) is 0. The first-order valence-electron chi connectivity index (χ1n) is 11.8. The third kappa shape index (κ3) is 4.90. The molecule has 35 heavy (non-hydrogen) atoms. The lowest BCUT2D eigenvalue weighted by atomic mass is 10.1. The Labute approximate surface area is 203 Å². The molecule has 5 rings (SSSR count). The molecule has 4 heterocycles. The highest BCUT2D eigenvalue weighted by molar-refractivity contribution is 5.97. The maximum atomic E-state index is 12.8. The van der Waals surface area contributed by atoms with Crippen molar-refractivity contribution in [1.29, 1.82) is 0 Å². The lowest BCUT2D eigenvalue weighted by Crippen LogP contribution is -2.28. The number of carbonyl (C=O) groups excluding carboxylic acids is 2. The van der Waals surface area contributed by atoms with Gasteiger partial charge in [-0.1, -0.05) is 12.1 Å². The monoisotopic (exact) mass is 475 g/mol. The van der Waals surface area contributed by atoms with Gasteiger partial charge in [-0.15, -0.1) is 0 Å². The van der Waals surface area contributed by atoms with Crippen LogP contribution >= 0.6 is 0 Å². The summed E-state index contributed by atoms with van der Waals surface area (Å²) in [5.74, 6) is 0. The lowest BCUT2D eigenvalue weighted by Gasteiger charge is -2.22. The topological polar surface area (TPSA) is 93.2 Å². The highest BCUT2D eigenvalue weighted by atomic mass is 16.6. The number of nitrogens with zero attached hydrogens (tertiary/aromatic N) is 5. The summed E-state index contributed by atoms with van der Waals surface area (Å²) < 4.78 is 16.5. The van der Waals surface area contributed by atoms with Gasteiger partial charge in [-0.3, -0.25) is 4.79 Å². The molecule has 0 aliphatic carbocycles. The van der Waals surface area contributed by atoms with Gasteiger partial charge in [-0.25, -0.2) is 19.0 Å². The predicted octanol–water partition coefficient (Wildman–Crippen LogP) is 5.04. The van der Waals surface area contributed by atoms with Crippen LogP contribution in [0.2, 0.25) is 0 Å². The van der Waals surface area contributed by atoms with Crippen molar-refractivity contribution in [1.82, 2.24) is 23.9 Å². The molecule has 1 aliphatic heterocycles. The van der Waals surface area contributed by atoms with Gasteiger partial charge >= 0.3 is 6.09 Å². The smallest absolute Gasteiger partial charge is 0.419 e. The number of benzene rings is 1. The molecule has 182 valence electrons. The normalized spacial score (nSPS) is 16.5. The SMILES string of the molecule is CC(C)(C)OC(=O)n1c(C=O)cc2ccc(Cn3cnc(-c4cnn(C5CCCCO5)c4)c3)cc21. The summed E-state index contributed by atoms with van der Waals surface area (Å²) in [6.45, 7) is 6.71. The third-order valence-corrected chi connectivity index (χ3v) is 5.94. The second kappa shape index (κ2) is 9.14. The average molecular weight is 476 g/mol. The van der Waals surface area contributed by atoms with Crippen LogP contribution in [0.1, 0.15) is 62.3 Å². The molecule has 1 atom stereocenters. The van der Waals surface area contributed by atoms with Crippen molar-refractivity contribution in [2.45, 2.75) is 58.4 Å². The number of fused-ring (bicyclic) bond motifs is 1. The Morgan fingerprint density at radius 2 is 2.09 bits per heavy atom. The second-order valence-electron chi connectivity index (χ2n) is 9.86. The predicted molar refractivity (Wildman–Crippen MR) is 130 cm³/mol. The molecule has 0 amide bonds. The molecule has 3 aromatic heterocycles.